The van der Waals surface area contributed by atoms with Gasteiger partial charge in [0, 0.05) is 37.8 Å². The largest absolute Gasteiger partial charge is 0.458 e. The fraction of sp³-hybridized carbons (Fsp3) is 0.694. The minimum Gasteiger partial charge on any atom is -0.458 e. The highest BCUT2D eigenvalue weighted by Gasteiger charge is 2.78. The first-order valence-corrected chi connectivity index (χ1v) is 18.0. The van der Waals surface area contributed by atoms with Crippen molar-refractivity contribution in [3.8, 4) is 0 Å². The molecule has 4 heterocycles. The van der Waals surface area contributed by atoms with Gasteiger partial charge in [-0.15, -0.1) is 0 Å². The van der Waals surface area contributed by atoms with Crippen LogP contribution in [0.4, 0.5) is 0 Å². The molecule has 1 aromatic carbocycles. The van der Waals surface area contributed by atoms with Crippen LogP contribution < -0.4 is 10.6 Å². The van der Waals surface area contributed by atoms with Gasteiger partial charge in [-0.3, -0.25) is 19.2 Å². The summed E-state index contributed by atoms with van der Waals surface area (Å²) in [5, 5.41) is 16.2. The molecule has 258 valence electrons. The van der Waals surface area contributed by atoms with Crippen molar-refractivity contribution >= 4 is 23.9 Å². The lowest BCUT2D eigenvalue weighted by molar-refractivity contribution is -0.235. The molecule has 9 unspecified atom stereocenters. The second kappa shape index (κ2) is 11.9. The van der Waals surface area contributed by atoms with Gasteiger partial charge in [-0.05, 0) is 62.0 Å². The average Bonchev–Trinajstić information content (AvgIpc) is 3.98. The predicted molar refractivity (Wildman–Crippen MR) is 168 cm³/mol. The van der Waals surface area contributed by atoms with E-state index in [4.69, 9.17) is 28.9 Å². The minimum absolute atomic E-state index is 0.0448. The van der Waals surface area contributed by atoms with Gasteiger partial charge in [0.25, 0.3) is 0 Å². The van der Waals surface area contributed by atoms with E-state index in [2.05, 4.69) is 34.9 Å². The number of benzene rings is 1. The molecule has 3 N–H and O–H groups in total. The molecule has 12 heteroatoms. The summed E-state index contributed by atoms with van der Waals surface area (Å²) in [6, 6.07) is 7.18. The van der Waals surface area contributed by atoms with Gasteiger partial charge in [0.15, 0.2) is 11.8 Å². The lowest BCUT2D eigenvalue weighted by Gasteiger charge is -2.48. The molecule has 8 aliphatic rings. The Labute approximate surface area is 279 Å². The predicted octanol–water partition coefficient (Wildman–Crippen LogP) is 1.98. The number of hydrogen-bond acceptors (Lipinski definition) is 10. The molecule has 0 radical (unpaired) electrons. The van der Waals surface area contributed by atoms with Crippen molar-refractivity contribution in [2.45, 2.75) is 113 Å². The molecule has 1 aromatic rings. The number of esters is 1. The maximum absolute atomic E-state index is 14.4. The van der Waals surface area contributed by atoms with Crippen LogP contribution in [0.5, 0.6) is 0 Å². The van der Waals surface area contributed by atoms with Gasteiger partial charge in [-0.2, -0.15) is 5.06 Å². The van der Waals surface area contributed by atoms with Gasteiger partial charge in [-0.1, -0.05) is 36.4 Å². The molecule has 12 nitrogen and oxygen atoms in total. The van der Waals surface area contributed by atoms with Gasteiger partial charge < -0.3 is 34.7 Å². The van der Waals surface area contributed by atoms with E-state index < -0.39 is 47.6 Å². The molecule has 2 amide bonds. The molecule has 8 fully saturated rings. The van der Waals surface area contributed by atoms with Crippen molar-refractivity contribution in [1.82, 2.24) is 15.7 Å². The van der Waals surface area contributed by atoms with Gasteiger partial charge in [0.2, 0.25) is 11.8 Å². The zero-order valence-electron chi connectivity index (χ0n) is 27.1. The Balaban J connectivity index is 0.984. The van der Waals surface area contributed by atoms with E-state index in [1.165, 1.54) is 0 Å². The molecule has 4 saturated carbocycles. The first kappa shape index (κ1) is 31.1. The van der Waals surface area contributed by atoms with Crippen molar-refractivity contribution in [2.75, 3.05) is 19.7 Å². The number of amides is 2. The van der Waals surface area contributed by atoms with E-state index in [1.54, 1.807) is 5.06 Å². The molecule has 48 heavy (non-hydrogen) atoms. The van der Waals surface area contributed by atoms with E-state index in [0.29, 0.717) is 30.0 Å². The number of epoxide rings is 1. The number of hydroxylamine groups is 2. The van der Waals surface area contributed by atoms with E-state index in [-0.39, 0.29) is 50.9 Å². The Kier molecular flexibility index (Phi) is 7.71. The smallest absolute Gasteiger partial charge is 0.327 e. The zero-order chi connectivity index (χ0) is 32.6. The molecule has 4 saturated heterocycles. The monoisotopic (exact) mass is 663 g/mol. The van der Waals surface area contributed by atoms with Crippen molar-refractivity contribution in [1.29, 1.82) is 0 Å². The third-order valence-corrected chi connectivity index (χ3v) is 11.9. The summed E-state index contributed by atoms with van der Waals surface area (Å²) in [5.41, 5.74) is 0.727. The van der Waals surface area contributed by atoms with Crippen LogP contribution in [-0.4, -0.2) is 96.1 Å². The molecular formula is C36H45N3O9. The number of nitrogens with zero attached hydrogens (tertiary/aromatic N) is 1. The number of aliphatic hydroxyl groups is 1. The summed E-state index contributed by atoms with van der Waals surface area (Å²) in [5.74, 6) is -0.753. The molecule has 0 aromatic heterocycles. The number of rotatable bonds is 12. The summed E-state index contributed by atoms with van der Waals surface area (Å²) in [4.78, 5) is 47.3. The highest BCUT2D eigenvalue weighted by Crippen LogP contribution is 2.63. The number of carbonyl (C=O) groups excluding carboxylic acids is 3. The maximum atomic E-state index is 14.4. The fourth-order valence-electron chi connectivity index (χ4n) is 9.24. The van der Waals surface area contributed by atoms with E-state index >= 15 is 0 Å². The van der Waals surface area contributed by atoms with Gasteiger partial charge in [0.05, 0.1) is 25.4 Å². The number of fused-ring (bicyclic) bond motifs is 5. The number of aliphatic hydroxyl groups excluding tert-OH is 1. The molecule has 4 aliphatic heterocycles. The molecule has 2 bridgehead atoms. The van der Waals surface area contributed by atoms with Crippen LogP contribution in [0.1, 0.15) is 68.9 Å². The standard InChI is InChI=1S/C36H45N3O9/c40-15-14-37-28(41)12-13-38-34(43)35-18-27-29-30(47-36(46-29,23-7-8-23)24-9-10-24)32(35)48-39(31(35)33(42)45-27)19-22-3-1-2-20(16-22)4-5-21-6-11-25-26(17-21)44-25/h1-5,16,21,23-27,29-32,40H,6-15,17-19H2,(H,37,41)(H,38,43). The van der Waals surface area contributed by atoms with E-state index in [0.717, 1.165) is 56.1 Å². The van der Waals surface area contributed by atoms with Gasteiger partial charge >= 0.3 is 5.97 Å². The fourth-order valence-corrected chi connectivity index (χ4v) is 9.24. The van der Waals surface area contributed by atoms with Crippen LogP contribution in [0, 0.1) is 23.2 Å². The van der Waals surface area contributed by atoms with Crippen molar-refractivity contribution in [3.63, 3.8) is 0 Å². The van der Waals surface area contributed by atoms with Crippen LogP contribution in [0.3, 0.4) is 0 Å². The quantitative estimate of drug-likeness (QED) is 0.224. The zero-order valence-corrected chi connectivity index (χ0v) is 27.1. The molecule has 9 rings (SSSR count). The first-order chi connectivity index (χ1) is 23.4. The lowest BCUT2D eigenvalue weighted by atomic mass is 9.62. The van der Waals surface area contributed by atoms with Crippen molar-refractivity contribution in [2.24, 2.45) is 23.2 Å². The van der Waals surface area contributed by atoms with Crippen molar-refractivity contribution in [3.05, 3.63) is 41.5 Å². The topological polar surface area (TPSA) is 148 Å². The summed E-state index contributed by atoms with van der Waals surface area (Å²) in [6.07, 6.45) is 10.6. The van der Waals surface area contributed by atoms with Crippen LogP contribution in [0.15, 0.2) is 30.3 Å². The van der Waals surface area contributed by atoms with E-state index in [1.807, 2.05) is 12.1 Å². The number of hydrogen-bond donors (Lipinski definition) is 3. The Morgan fingerprint density at radius 2 is 1.79 bits per heavy atom. The average molecular weight is 664 g/mol. The molecule has 9 atom stereocenters. The van der Waals surface area contributed by atoms with Gasteiger partial charge in [0.1, 0.15) is 29.8 Å². The lowest BCUT2D eigenvalue weighted by Crippen LogP contribution is -2.69. The summed E-state index contributed by atoms with van der Waals surface area (Å²) >= 11 is 0. The number of ether oxygens (including phenoxy) is 4. The van der Waals surface area contributed by atoms with Crippen molar-refractivity contribution < 1.29 is 43.3 Å². The normalized spacial score (nSPS) is 39.1. The van der Waals surface area contributed by atoms with Crippen LogP contribution in [0.2, 0.25) is 0 Å². The SMILES string of the molecule is O=C(CCNC(=O)C12CC3OC(=O)C1N(Cc1cccc(C=CC4CCC5OC5C4)c1)OC2C1OC(C2CC2)(C2CC2)OC31)NCCO. The third-order valence-electron chi connectivity index (χ3n) is 11.9. The molecule has 4 aliphatic carbocycles. The highest BCUT2D eigenvalue weighted by atomic mass is 16.8. The molecule has 0 spiro atoms. The Morgan fingerprint density at radius 1 is 0.979 bits per heavy atom. The number of allylic oxidation sites excluding steroid dienone is 1. The molecular weight excluding hydrogens is 618 g/mol. The second-order valence-electron chi connectivity index (χ2n) is 15.1. The first-order valence-electron chi connectivity index (χ1n) is 18.0. The Bertz CT molecular complexity index is 1480. The second-order valence-corrected chi connectivity index (χ2v) is 15.1. The maximum Gasteiger partial charge on any atom is 0.327 e. The summed E-state index contributed by atoms with van der Waals surface area (Å²) in [6.45, 7) is 0.343. The highest BCUT2D eigenvalue weighted by molar-refractivity contribution is 5.94. The summed E-state index contributed by atoms with van der Waals surface area (Å²) in [7, 11) is 0. The van der Waals surface area contributed by atoms with E-state index in [9.17, 15) is 14.4 Å². The number of carbonyl (C=O) groups is 3. The third kappa shape index (κ3) is 5.30. The Hall–Kier alpha value is -2.87. The number of nitrogens with one attached hydrogen (secondary N) is 2. The van der Waals surface area contributed by atoms with Crippen LogP contribution in [-0.2, 0) is 44.7 Å². The minimum atomic E-state index is -1.28. The van der Waals surface area contributed by atoms with Crippen LogP contribution in [0.25, 0.3) is 6.08 Å². The summed E-state index contributed by atoms with van der Waals surface area (Å²) < 4.78 is 25.5. The Morgan fingerprint density at radius 3 is 2.56 bits per heavy atom. The van der Waals surface area contributed by atoms with Crippen LogP contribution >= 0.6 is 0 Å². The van der Waals surface area contributed by atoms with Gasteiger partial charge in [-0.25, -0.2) is 0 Å².